The topological polar surface area (TPSA) is 67.5 Å². The van der Waals surface area contributed by atoms with E-state index >= 15 is 0 Å². The zero-order chi connectivity index (χ0) is 11.0. The van der Waals surface area contributed by atoms with E-state index in [1.807, 2.05) is 19.9 Å². The van der Waals surface area contributed by atoms with E-state index in [4.69, 9.17) is 5.11 Å². The highest BCUT2D eigenvalue weighted by atomic mass is 16.4. The van der Waals surface area contributed by atoms with E-state index in [2.05, 4.69) is 9.97 Å². The largest absolute Gasteiger partial charge is 0.481 e. The minimum absolute atomic E-state index is 0.0676. The van der Waals surface area contributed by atoms with Gasteiger partial charge < -0.3 is 5.11 Å². The SMILES string of the molecule is Cc1cc(C)n2cc(CC(=O)O)nc2n1. The van der Waals surface area contributed by atoms with Crippen molar-refractivity contribution >= 4 is 11.7 Å². The third-order valence-electron chi connectivity index (χ3n) is 2.14. The molecule has 0 saturated heterocycles. The van der Waals surface area contributed by atoms with Crippen LogP contribution < -0.4 is 0 Å². The molecule has 0 atom stereocenters. The summed E-state index contributed by atoms with van der Waals surface area (Å²) in [5.41, 5.74) is 2.41. The molecule has 5 heteroatoms. The standard InChI is InChI=1S/C10H11N3O2/c1-6-3-7(2)13-5-8(4-9(14)15)12-10(13)11-6/h3,5H,4H2,1-2H3,(H,14,15). The maximum Gasteiger partial charge on any atom is 0.309 e. The Morgan fingerprint density at radius 1 is 1.47 bits per heavy atom. The molecule has 0 aliphatic rings. The summed E-state index contributed by atoms with van der Waals surface area (Å²) < 4.78 is 1.80. The van der Waals surface area contributed by atoms with E-state index < -0.39 is 5.97 Å². The number of aromatic nitrogens is 3. The summed E-state index contributed by atoms with van der Waals surface area (Å²) in [6.07, 6.45) is 1.65. The number of carboxylic acid groups (broad SMARTS) is 1. The molecule has 1 N–H and O–H groups in total. The van der Waals surface area contributed by atoms with Crippen molar-refractivity contribution in [2.24, 2.45) is 0 Å². The fourth-order valence-corrected chi connectivity index (χ4v) is 1.56. The van der Waals surface area contributed by atoms with Gasteiger partial charge in [0.05, 0.1) is 12.1 Å². The van der Waals surface area contributed by atoms with Crippen LogP contribution in [-0.2, 0) is 11.2 Å². The van der Waals surface area contributed by atoms with Crippen molar-refractivity contribution in [3.8, 4) is 0 Å². The monoisotopic (exact) mass is 205 g/mol. The number of aryl methyl sites for hydroxylation is 2. The van der Waals surface area contributed by atoms with E-state index in [9.17, 15) is 4.79 Å². The minimum Gasteiger partial charge on any atom is -0.481 e. The lowest BCUT2D eigenvalue weighted by Crippen LogP contribution is -1.99. The highest BCUT2D eigenvalue weighted by Crippen LogP contribution is 2.08. The summed E-state index contributed by atoms with van der Waals surface area (Å²) in [7, 11) is 0. The average molecular weight is 205 g/mol. The van der Waals surface area contributed by atoms with Gasteiger partial charge in [-0.3, -0.25) is 9.20 Å². The van der Waals surface area contributed by atoms with Crippen LogP contribution in [0.4, 0.5) is 0 Å². The predicted octanol–water partition coefficient (Wildman–Crippen LogP) is 0.973. The normalized spacial score (nSPS) is 10.8. The zero-order valence-corrected chi connectivity index (χ0v) is 8.56. The molecule has 0 aromatic carbocycles. The molecule has 2 heterocycles. The van der Waals surface area contributed by atoms with Crippen LogP contribution in [0.3, 0.4) is 0 Å². The van der Waals surface area contributed by atoms with Crippen molar-refractivity contribution in [1.82, 2.24) is 14.4 Å². The van der Waals surface area contributed by atoms with E-state index in [1.165, 1.54) is 0 Å². The third-order valence-corrected chi connectivity index (χ3v) is 2.14. The number of fused-ring (bicyclic) bond motifs is 1. The second kappa shape index (κ2) is 3.34. The Kier molecular flexibility index (Phi) is 2.15. The van der Waals surface area contributed by atoms with Gasteiger partial charge in [0.1, 0.15) is 0 Å². The summed E-state index contributed by atoms with van der Waals surface area (Å²) in [4.78, 5) is 18.9. The van der Waals surface area contributed by atoms with E-state index in [0.717, 1.165) is 11.4 Å². The molecule has 2 aromatic rings. The molecule has 0 saturated carbocycles. The highest BCUT2D eigenvalue weighted by molar-refractivity contribution is 5.69. The second-order valence-electron chi connectivity index (χ2n) is 3.51. The number of carbonyl (C=O) groups is 1. The van der Waals surface area contributed by atoms with Crippen LogP contribution in [0.1, 0.15) is 17.1 Å². The smallest absolute Gasteiger partial charge is 0.309 e. The van der Waals surface area contributed by atoms with Gasteiger partial charge in [-0.2, -0.15) is 0 Å². The van der Waals surface area contributed by atoms with E-state index in [1.54, 1.807) is 10.6 Å². The third kappa shape index (κ3) is 1.81. The molecule has 0 fully saturated rings. The van der Waals surface area contributed by atoms with Crippen LogP contribution in [-0.4, -0.2) is 25.4 Å². The molecule has 0 spiro atoms. The van der Waals surface area contributed by atoms with Crippen molar-refractivity contribution in [3.63, 3.8) is 0 Å². The Morgan fingerprint density at radius 2 is 2.20 bits per heavy atom. The first kappa shape index (κ1) is 9.64. The summed E-state index contributed by atoms with van der Waals surface area (Å²) in [5, 5.41) is 8.65. The molecule has 2 aromatic heterocycles. The number of rotatable bonds is 2. The molecule has 5 nitrogen and oxygen atoms in total. The first-order valence-corrected chi connectivity index (χ1v) is 4.60. The quantitative estimate of drug-likeness (QED) is 0.793. The molecule has 2 rings (SSSR count). The summed E-state index contributed by atoms with van der Waals surface area (Å²) in [6, 6.07) is 1.93. The lowest BCUT2D eigenvalue weighted by molar-refractivity contribution is -0.136. The number of carboxylic acids is 1. The van der Waals surface area contributed by atoms with Crippen molar-refractivity contribution < 1.29 is 9.90 Å². The van der Waals surface area contributed by atoms with E-state index in [0.29, 0.717) is 11.5 Å². The fourth-order valence-electron chi connectivity index (χ4n) is 1.56. The molecule has 15 heavy (non-hydrogen) atoms. The van der Waals surface area contributed by atoms with Gasteiger partial charge in [0.2, 0.25) is 5.78 Å². The maximum absolute atomic E-state index is 10.5. The Hall–Kier alpha value is -1.91. The number of imidazole rings is 1. The van der Waals surface area contributed by atoms with Crippen molar-refractivity contribution in [1.29, 1.82) is 0 Å². The van der Waals surface area contributed by atoms with Crippen molar-refractivity contribution in [2.75, 3.05) is 0 Å². The first-order valence-electron chi connectivity index (χ1n) is 4.60. The van der Waals surface area contributed by atoms with Gasteiger partial charge in [-0.1, -0.05) is 0 Å². The van der Waals surface area contributed by atoms with Gasteiger partial charge in [0, 0.05) is 17.6 Å². The van der Waals surface area contributed by atoms with Gasteiger partial charge in [-0.15, -0.1) is 0 Å². The summed E-state index contributed by atoms with van der Waals surface area (Å²) >= 11 is 0. The van der Waals surface area contributed by atoms with Crippen LogP contribution >= 0.6 is 0 Å². The molecule has 0 amide bonds. The van der Waals surface area contributed by atoms with Gasteiger partial charge >= 0.3 is 5.97 Å². The van der Waals surface area contributed by atoms with Crippen molar-refractivity contribution in [3.05, 3.63) is 29.3 Å². The van der Waals surface area contributed by atoms with Crippen LogP contribution in [0.15, 0.2) is 12.3 Å². The second-order valence-corrected chi connectivity index (χ2v) is 3.51. The summed E-state index contributed by atoms with van der Waals surface area (Å²) in [5.74, 6) is -0.323. The zero-order valence-electron chi connectivity index (χ0n) is 8.56. The molecule has 0 bridgehead atoms. The van der Waals surface area contributed by atoms with Crippen LogP contribution in [0, 0.1) is 13.8 Å². The Labute approximate surface area is 86.4 Å². The molecular weight excluding hydrogens is 194 g/mol. The molecule has 0 aliphatic heterocycles. The highest BCUT2D eigenvalue weighted by Gasteiger charge is 2.08. The Bertz CT molecular complexity index is 531. The number of aliphatic carboxylic acids is 1. The fraction of sp³-hybridized carbons (Fsp3) is 0.300. The van der Waals surface area contributed by atoms with Crippen LogP contribution in [0.2, 0.25) is 0 Å². The molecule has 0 aliphatic carbocycles. The van der Waals surface area contributed by atoms with Crippen LogP contribution in [0.5, 0.6) is 0 Å². The summed E-state index contributed by atoms with van der Waals surface area (Å²) in [6.45, 7) is 3.83. The Morgan fingerprint density at radius 3 is 2.87 bits per heavy atom. The maximum atomic E-state index is 10.5. The predicted molar refractivity (Wildman–Crippen MR) is 53.8 cm³/mol. The molecule has 78 valence electrons. The lowest BCUT2D eigenvalue weighted by atomic mass is 10.3. The molecule has 0 radical (unpaired) electrons. The average Bonchev–Trinajstić information content (AvgIpc) is 2.45. The van der Waals surface area contributed by atoms with Gasteiger partial charge in [0.25, 0.3) is 0 Å². The van der Waals surface area contributed by atoms with Crippen molar-refractivity contribution in [2.45, 2.75) is 20.3 Å². The van der Waals surface area contributed by atoms with Gasteiger partial charge in [-0.05, 0) is 19.9 Å². The molecule has 0 unspecified atom stereocenters. The lowest BCUT2D eigenvalue weighted by Gasteiger charge is -1.98. The van der Waals surface area contributed by atoms with Crippen LogP contribution in [0.25, 0.3) is 5.78 Å². The number of hydrogen-bond acceptors (Lipinski definition) is 3. The molecular formula is C10H11N3O2. The Balaban J connectivity index is 2.55. The van der Waals surface area contributed by atoms with Gasteiger partial charge in [-0.25, -0.2) is 9.97 Å². The number of nitrogens with zero attached hydrogens (tertiary/aromatic N) is 3. The van der Waals surface area contributed by atoms with E-state index in [-0.39, 0.29) is 6.42 Å². The van der Waals surface area contributed by atoms with Gasteiger partial charge in [0.15, 0.2) is 0 Å². The number of hydrogen-bond donors (Lipinski definition) is 1. The first-order chi connectivity index (χ1) is 7.06. The minimum atomic E-state index is -0.882.